The normalized spacial score (nSPS) is 19.1. The number of carbonyl (C=O) groups excluding carboxylic acids is 1. The van der Waals surface area contributed by atoms with Gasteiger partial charge in [-0.15, -0.1) is 0 Å². The van der Waals surface area contributed by atoms with Crippen LogP contribution in [0.2, 0.25) is 0 Å². The molecule has 3 aromatic heterocycles. The summed E-state index contributed by atoms with van der Waals surface area (Å²) in [5, 5.41) is 13.0. The van der Waals surface area contributed by atoms with Crippen molar-refractivity contribution in [2.24, 2.45) is 11.8 Å². The Morgan fingerprint density at radius 2 is 1.47 bits per heavy atom. The van der Waals surface area contributed by atoms with Gasteiger partial charge < -0.3 is 19.8 Å². The zero-order valence-corrected chi connectivity index (χ0v) is 56.1. The maximum Gasteiger partial charge on any atom is 0.292 e. The van der Waals surface area contributed by atoms with E-state index in [1.165, 1.54) is 58.6 Å². The monoisotopic (exact) mass is 1260 g/mol. The first-order valence-electron chi connectivity index (χ1n) is 32.1. The lowest BCUT2D eigenvalue weighted by atomic mass is 9.84. The highest BCUT2D eigenvalue weighted by atomic mass is 19.3. The zero-order chi connectivity index (χ0) is 66.8. The van der Waals surface area contributed by atoms with Crippen LogP contribution in [0.5, 0.6) is 0 Å². The van der Waals surface area contributed by atoms with E-state index in [1.54, 1.807) is 11.7 Å². The van der Waals surface area contributed by atoms with Gasteiger partial charge in [0.25, 0.3) is 17.9 Å². The fourth-order valence-corrected chi connectivity index (χ4v) is 12.2. The van der Waals surface area contributed by atoms with Crippen LogP contribution in [-0.4, -0.2) is 112 Å². The molecule has 0 spiro atoms. The summed E-state index contributed by atoms with van der Waals surface area (Å²) in [6.07, 6.45) is 5.58. The molecular formula is C69H102F8N8O4. The van der Waals surface area contributed by atoms with Gasteiger partial charge in [0.15, 0.2) is 11.4 Å². The van der Waals surface area contributed by atoms with Crippen LogP contribution < -0.4 is 5.56 Å². The number of morpholine rings is 1. The van der Waals surface area contributed by atoms with E-state index in [0.29, 0.717) is 59.9 Å². The van der Waals surface area contributed by atoms with E-state index in [2.05, 4.69) is 23.8 Å². The third-order valence-corrected chi connectivity index (χ3v) is 16.5. The minimum Gasteiger partial charge on any atom is -0.385 e. The number of nitrogens with zero attached hydrogens (tertiary/aromatic N) is 7. The smallest absolute Gasteiger partial charge is 0.292 e. The fourth-order valence-electron chi connectivity index (χ4n) is 12.2. The highest BCUT2D eigenvalue weighted by Gasteiger charge is 2.55. The molecule has 20 heteroatoms. The maximum atomic E-state index is 15.5. The van der Waals surface area contributed by atoms with Crippen molar-refractivity contribution in [1.82, 2.24) is 34.1 Å². The number of aryl methyl sites for hydroxylation is 1. The molecule has 0 radical (unpaired) electrons. The van der Waals surface area contributed by atoms with Crippen molar-refractivity contribution in [3.63, 3.8) is 0 Å². The number of unbranched alkanes of at least 4 members (excludes halogenated alkanes) is 3. The number of carbonyl (C=O) groups is 1. The Hall–Kier alpha value is -5.44. The molecular weight excluding hydrogens is 1160 g/mol. The number of hydrogen-bond donors (Lipinski definition) is 1. The number of rotatable bonds is 21. The first-order chi connectivity index (χ1) is 41.9. The minimum atomic E-state index is -3.25. The Kier molecular flexibility index (Phi) is 29.8. The molecule has 2 fully saturated rings. The van der Waals surface area contributed by atoms with Gasteiger partial charge in [-0.3, -0.25) is 23.7 Å². The zero-order valence-electron chi connectivity index (χ0n) is 56.1. The molecule has 0 bridgehead atoms. The van der Waals surface area contributed by atoms with Crippen LogP contribution in [0, 0.1) is 35.8 Å². The Labute approximate surface area is 524 Å². The van der Waals surface area contributed by atoms with Gasteiger partial charge in [-0.25, -0.2) is 36.3 Å². The molecule has 5 aromatic rings. The van der Waals surface area contributed by atoms with E-state index < -0.39 is 71.4 Å². The summed E-state index contributed by atoms with van der Waals surface area (Å²) in [5.74, 6) is -9.97. The van der Waals surface area contributed by atoms with Crippen molar-refractivity contribution in [3.05, 3.63) is 115 Å². The number of ether oxygens (including phenoxy) is 2. The second kappa shape index (κ2) is 34.8. The quantitative estimate of drug-likeness (QED) is 0.0433. The summed E-state index contributed by atoms with van der Waals surface area (Å²) in [6.45, 7) is 26.6. The summed E-state index contributed by atoms with van der Waals surface area (Å²) >= 11 is 0. The maximum absolute atomic E-state index is 15.5. The number of fused-ring (bicyclic) bond motifs is 2. The Morgan fingerprint density at radius 3 is 2.00 bits per heavy atom. The average molecular weight is 1260 g/mol. The molecule has 2 aromatic carbocycles. The molecule has 498 valence electrons. The number of hydrogen-bond acceptors (Lipinski definition) is 10. The summed E-state index contributed by atoms with van der Waals surface area (Å²) in [6, 6.07) is 9.36. The van der Waals surface area contributed by atoms with E-state index >= 15 is 4.79 Å². The number of halogens is 8. The number of alkyl halides is 6. The molecule has 89 heavy (non-hydrogen) atoms. The summed E-state index contributed by atoms with van der Waals surface area (Å²) in [5.41, 5.74) is 4.26. The van der Waals surface area contributed by atoms with E-state index in [-0.39, 0.29) is 72.9 Å². The van der Waals surface area contributed by atoms with Crippen LogP contribution in [0.15, 0.2) is 41.2 Å². The first-order valence-corrected chi connectivity index (χ1v) is 32.1. The molecule has 1 aliphatic heterocycles. The predicted molar refractivity (Wildman–Crippen MR) is 341 cm³/mol. The number of ketones is 1. The molecule has 1 saturated carbocycles. The Balaban J connectivity index is 0.000000417. The molecule has 5 unspecified atom stereocenters. The molecule has 5 atom stereocenters. The SMILES string of the molecule is CC.CC(=O)Cn1nc(C(F)F)c2c1C(F)(F)C(C)C2C.CCCC(=N)c1c(CCC)ccc(-n2c(C(Cc3cc(F)cc(F)c3)C(C)C)nc3nc(C4CCC(F)(F)CC4)cc(CN4CC(C)OC(C)C4)c3c2=O)c1C.CCCCCCOC.CN(C)C. The van der Waals surface area contributed by atoms with Gasteiger partial charge in [0.2, 0.25) is 5.92 Å². The lowest BCUT2D eigenvalue weighted by Crippen LogP contribution is -2.45. The van der Waals surface area contributed by atoms with Gasteiger partial charge in [0.1, 0.15) is 28.8 Å². The van der Waals surface area contributed by atoms with Crippen LogP contribution in [0.4, 0.5) is 35.1 Å². The van der Waals surface area contributed by atoms with Crippen molar-refractivity contribution >= 4 is 22.5 Å². The van der Waals surface area contributed by atoms with E-state index in [4.69, 9.17) is 24.9 Å². The van der Waals surface area contributed by atoms with E-state index in [0.717, 1.165) is 58.9 Å². The number of benzene rings is 2. The van der Waals surface area contributed by atoms with Crippen LogP contribution in [0.1, 0.15) is 234 Å². The molecule has 8 rings (SSSR count). The van der Waals surface area contributed by atoms with Crippen molar-refractivity contribution in [2.45, 2.75) is 235 Å². The number of methoxy groups -OCH3 is 1. The third kappa shape index (κ3) is 20.3. The second-order valence-electron chi connectivity index (χ2n) is 25.1. The predicted octanol–water partition coefficient (Wildman–Crippen LogP) is 17.0. The molecule has 3 aliphatic rings. The minimum absolute atomic E-state index is 0.0195. The number of Topliss-reactive ketones (excluding diaryl/α,β-unsaturated/α-hetero) is 1. The Bertz CT molecular complexity index is 3100. The van der Waals surface area contributed by atoms with Crippen molar-refractivity contribution in [3.8, 4) is 5.69 Å². The molecule has 12 nitrogen and oxygen atoms in total. The number of aromatic nitrogens is 5. The van der Waals surface area contributed by atoms with Gasteiger partial charge in [0, 0.05) is 92.5 Å². The lowest BCUT2D eigenvalue weighted by molar-refractivity contribution is -0.118. The van der Waals surface area contributed by atoms with E-state index in [1.807, 2.05) is 99.6 Å². The summed E-state index contributed by atoms with van der Waals surface area (Å²) in [7, 11) is 7.76. The van der Waals surface area contributed by atoms with Crippen LogP contribution in [-0.2, 0) is 46.1 Å². The molecule has 4 heterocycles. The molecule has 1 saturated heterocycles. The first kappa shape index (κ1) is 76.0. The van der Waals surface area contributed by atoms with Gasteiger partial charge in [-0.1, -0.05) is 100 Å². The van der Waals surface area contributed by atoms with Crippen molar-refractivity contribution in [1.29, 1.82) is 5.41 Å². The number of pyridine rings is 1. The van der Waals surface area contributed by atoms with E-state index in [9.17, 15) is 39.9 Å². The van der Waals surface area contributed by atoms with Gasteiger partial charge in [0.05, 0.1) is 29.8 Å². The lowest BCUT2D eigenvalue weighted by Gasteiger charge is -2.35. The van der Waals surface area contributed by atoms with Gasteiger partial charge in [-0.05, 0) is 146 Å². The molecule has 2 aliphatic carbocycles. The van der Waals surface area contributed by atoms with Crippen LogP contribution in [0.25, 0.3) is 16.7 Å². The molecule has 0 amide bonds. The standard InChI is InChI=1S/C45H57F4N5O2.C12H14F4N2O.C7H16O.C3H9N.C2H6/c1-8-10-32-12-13-39(29(7)40(32)37(50)11-9-2)54-43(36(26(3)4)20-30-18-34(46)22-35(47)19-30)52-42-41(44(54)55)33(25-53-23-27(5)56-28(6)24-53)21-38(51-42)31-14-16-45(48,49)17-15-31;1-5(19)4-18-10-8(9(17-18)11(13)14)6(2)7(3)12(10,15)16;1-3-4-5-6-7-8-2;1-4(2)3;1-2/h12-13,18-19,21-22,26-28,31,36,50H,8-11,14-17,20,23-25H2,1-7H3;6-7,11H,4H2,1-3H3;3-7H2,1-2H3;1-3H3;1-2H3. The Morgan fingerprint density at radius 1 is 0.865 bits per heavy atom. The highest BCUT2D eigenvalue weighted by molar-refractivity contribution is 6.01. The van der Waals surface area contributed by atoms with Gasteiger partial charge in [-0.2, -0.15) is 13.9 Å². The fraction of sp³-hybridized carbons (Fsp3) is 0.652. The van der Waals surface area contributed by atoms with Crippen molar-refractivity contribution in [2.75, 3.05) is 47.9 Å². The summed E-state index contributed by atoms with van der Waals surface area (Å²) < 4.78 is 125. The van der Waals surface area contributed by atoms with Crippen LogP contribution in [0.3, 0.4) is 0 Å². The third-order valence-electron chi connectivity index (χ3n) is 16.5. The molecule has 1 N–H and O–H groups in total. The highest BCUT2D eigenvalue weighted by Crippen LogP contribution is 2.54. The summed E-state index contributed by atoms with van der Waals surface area (Å²) in [4.78, 5) is 41.2. The van der Waals surface area contributed by atoms with Crippen LogP contribution >= 0.6 is 0 Å². The average Bonchev–Trinajstić information content (AvgIpc) is 1.72. The number of nitrogens with one attached hydrogen (secondary N) is 1. The topological polar surface area (TPSA) is 131 Å². The second-order valence-corrected chi connectivity index (χ2v) is 25.1. The van der Waals surface area contributed by atoms with Crippen molar-refractivity contribution < 1.29 is 49.4 Å². The largest absolute Gasteiger partial charge is 0.385 e. The van der Waals surface area contributed by atoms with Gasteiger partial charge >= 0.3 is 0 Å².